The van der Waals surface area contributed by atoms with Gasteiger partial charge < -0.3 is 24.3 Å². The molecule has 0 bridgehead atoms. The molecule has 0 spiro atoms. The molecule has 0 unspecified atom stereocenters. The zero-order valence-electron chi connectivity index (χ0n) is 16.1. The number of ether oxygens (including phenoxy) is 4. The van der Waals surface area contributed by atoms with Crippen molar-refractivity contribution in [1.29, 1.82) is 0 Å². The number of halogens is 1. The topological polar surface area (TPSA) is 112 Å². The third kappa shape index (κ3) is 5.76. The van der Waals surface area contributed by atoms with Gasteiger partial charge in [-0.2, -0.15) is 0 Å². The van der Waals surface area contributed by atoms with Crippen molar-refractivity contribution in [2.24, 2.45) is 0 Å². The zero-order valence-corrected chi connectivity index (χ0v) is 17.7. The van der Waals surface area contributed by atoms with Gasteiger partial charge in [-0.3, -0.25) is 4.79 Å². The first-order chi connectivity index (χ1) is 14.4. The molecule has 1 amide bonds. The van der Waals surface area contributed by atoms with Crippen molar-refractivity contribution in [3.63, 3.8) is 0 Å². The lowest BCUT2D eigenvalue weighted by molar-refractivity contribution is -0.118. The molecule has 9 nitrogen and oxygen atoms in total. The van der Waals surface area contributed by atoms with Crippen LogP contribution in [0.2, 0.25) is 5.02 Å². The van der Waals surface area contributed by atoms with Crippen LogP contribution in [0.3, 0.4) is 0 Å². The first-order valence-corrected chi connectivity index (χ1v) is 10.9. The summed E-state index contributed by atoms with van der Waals surface area (Å²) in [6.45, 7) is 0.990. The highest BCUT2D eigenvalue weighted by Gasteiger charge is 2.17. The van der Waals surface area contributed by atoms with E-state index in [1.807, 2.05) is 0 Å². The largest absolute Gasteiger partial charge is 0.486 e. The quantitative estimate of drug-likeness (QED) is 0.555. The number of nitrogens with one attached hydrogen (secondary N) is 2. The van der Waals surface area contributed by atoms with E-state index in [-0.39, 0.29) is 35.4 Å². The summed E-state index contributed by atoms with van der Waals surface area (Å²) in [5, 5.41) is 2.75. The Hall–Kier alpha value is -2.53. The van der Waals surface area contributed by atoms with E-state index < -0.39 is 15.9 Å². The van der Waals surface area contributed by atoms with Crippen molar-refractivity contribution in [3.05, 3.63) is 41.4 Å². The Morgan fingerprint density at radius 1 is 1.13 bits per heavy atom. The van der Waals surface area contributed by atoms with Crippen molar-refractivity contribution in [1.82, 2.24) is 4.72 Å². The SMILES string of the molecule is COCCNS(=O)(=O)c1ccc(OCC(=O)Nc2ccc3c(c2)OCCO3)c(Cl)c1. The standard InChI is InChI=1S/C19H21ClN2O7S/c1-26-7-6-21-30(24,25)14-3-5-16(15(20)11-14)29-12-19(23)22-13-2-4-17-18(10-13)28-9-8-27-17/h2-5,10-11,21H,6-9,12H2,1H3,(H,22,23). The minimum absolute atomic E-state index is 0.0170. The van der Waals surface area contributed by atoms with E-state index >= 15 is 0 Å². The number of sulfonamides is 1. The fourth-order valence-electron chi connectivity index (χ4n) is 2.59. The number of fused-ring (bicyclic) bond motifs is 1. The van der Waals surface area contributed by atoms with E-state index in [2.05, 4.69) is 10.0 Å². The maximum Gasteiger partial charge on any atom is 0.262 e. The molecular formula is C19H21ClN2O7S. The van der Waals surface area contributed by atoms with Crippen molar-refractivity contribution >= 4 is 33.2 Å². The van der Waals surface area contributed by atoms with Crippen LogP contribution in [0.15, 0.2) is 41.3 Å². The van der Waals surface area contributed by atoms with Crippen LogP contribution >= 0.6 is 11.6 Å². The molecular weight excluding hydrogens is 436 g/mol. The van der Waals surface area contributed by atoms with Gasteiger partial charge in [0.05, 0.1) is 16.5 Å². The number of carbonyl (C=O) groups is 1. The average Bonchev–Trinajstić information content (AvgIpc) is 2.73. The molecule has 1 heterocycles. The second-order valence-corrected chi connectivity index (χ2v) is 8.35. The molecule has 0 saturated heterocycles. The summed E-state index contributed by atoms with van der Waals surface area (Å²) in [6.07, 6.45) is 0. The van der Waals surface area contributed by atoms with Gasteiger partial charge in [0.25, 0.3) is 5.91 Å². The van der Waals surface area contributed by atoms with Crippen LogP contribution in [0.4, 0.5) is 5.69 Å². The normalized spacial score (nSPS) is 13.0. The van der Waals surface area contributed by atoms with E-state index in [4.69, 9.17) is 30.5 Å². The molecule has 30 heavy (non-hydrogen) atoms. The Morgan fingerprint density at radius 3 is 2.63 bits per heavy atom. The van der Waals surface area contributed by atoms with Crippen molar-refractivity contribution in [3.8, 4) is 17.2 Å². The van der Waals surface area contributed by atoms with Crippen LogP contribution in [0.5, 0.6) is 17.2 Å². The molecule has 1 aliphatic rings. The van der Waals surface area contributed by atoms with Gasteiger partial charge in [-0.05, 0) is 30.3 Å². The fraction of sp³-hybridized carbons (Fsp3) is 0.316. The monoisotopic (exact) mass is 456 g/mol. The Kier molecular flexibility index (Phi) is 7.38. The molecule has 0 aromatic heterocycles. The molecule has 1 aliphatic heterocycles. The molecule has 162 valence electrons. The number of amides is 1. The van der Waals surface area contributed by atoms with E-state index in [0.29, 0.717) is 30.4 Å². The van der Waals surface area contributed by atoms with Crippen LogP contribution in [-0.2, 0) is 19.6 Å². The summed E-state index contributed by atoms with van der Waals surface area (Å²) >= 11 is 6.12. The number of hydrogen-bond donors (Lipinski definition) is 2. The molecule has 0 aliphatic carbocycles. The lowest BCUT2D eigenvalue weighted by Crippen LogP contribution is -2.27. The number of rotatable bonds is 9. The summed E-state index contributed by atoms with van der Waals surface area (Å²) in [5.74, 6) is 0.943. The summed E-state index contributed by atoms with van der Waals surface area (Å²) in [7, 11) is -2.25. The highest BCUT2D eigenvalue weighted by molar-refractivity contribution is 7.89. The lowest BCUT2D eigenvalue weighted by atomic mass is 10.2. The van der Waals surface area contributed by atoms with Crippen LogP contribution in [0, 0.1) is 0 Å². The Balaban J connectivity index is 1.57. The minimum Gasteiger partial charge on any atom is -0.486 e. The second kappa shape index (κ2) is 9.98. The molecule has 0 radical (unpaired) electrons. The van der Waals surface area contributed by atoms with Gasteiger partial charge in [0.2, 0.25) is 10.0 Å². The summed E-state index contributed by atoms with van der Waals surface area (Å²) in [4.78, 5) is 12.2. The molecule has 0 atom stereocenters. The number of hydrogen-bond acceptors (Lipinski definition) is 7. The highest BCUT2D eigenvalue weighted by Crippen LogP contribution is 2.32. The summed E-state index contributed by atoms with van der Waals surface area (Å²) < 4.78 is 47.9. The third-order valence-corrected chi connectivity index (χ3v) is 5.75. The smallest absolute Gasteiger partial charge is 0.262 e. The maximum absolute atomic E-state index is 12.2. The number of benzene rings is 2. The molecule has 0 saturated carbocycles. The zero-order chi connectivity index (χ0) is 21.6. The van der Waals surface area contributed by atoms with Gasteiger partial charge in [-0.1, -0.05) is 11.6 Å². The molecule has 3 rings (SSSR count). The van der Waals surface area contributed by atoms with Gasteiger partial charge >= 0.3 is 0 Å². The van der Waals surface area contributed by atoms with E-state index in [1.165, 1.54) is 25.3 Å². The fourth-order valence-corrected chi connectivity index (χ4v) is 3.93. The van der Waals surface area contributed by atoms with Gasteiger partial charge in [0.1, 0.15) is 19.0 Å². The lowest BCUT2D eigenvalue weighted by Gasteiger charge is -2.19. The summed E-state index contributed by atoms with van der Waals surface area (Å²) in [5.41, 5.74) is 0.530. The van der Waals surface area contributed by atoms with Crippen molar-refractivity contribution in [2.45, 2.75) is 4.90 Å². The van der Waals surface area contributed by atoms with E-state index in [0.717, 1.165) is 0 Å². The number of carbonyl (C=O) groups excluding carboxylic acids is 1. The van der Waals surface area contributed by atoms with E-state index in [9.17, 15) is 13.2 Å². The van der Waals surface area contributed by atoms with Gasteiger partial charge in [0, 0.05) is 25.4 Å². The first kappa shape index (κ1) is 22.2. The first-order valence-electron chi connectivity index (χ1n) is 8.99. The van der Waals surface area contributed by atoms with E-state index in [1.54, 1.807) is 18.2 Å². The number of anilines is 1. The summed E-state index contributed by atoms with van der Waals surface area (Å²) in [6, 6.07) is 9.05. The predicted octanol–water partition coefficient (Wildman–Crippen LogP) is 2.05. The van der Waals surface area contributed by atoms with Crippen LogP contribution in [0.1, 0.15) is 0 Å². The Morgan fingerprint density at radius 2 is 1.90 bits per heavy atom. The Bertz CT molecular complexity index is 1010. The Labute approximate surface area is 179 Å². The van der Waals surface area contributed by atoms with Crippen molar-refractivity contribution in [2.75, 3.05) is 45.4 Å². The van der Waals surface area contributed by atoms with Crippen molar-refractivity contribution < 1.29 is 32.2 Å². The minimum atomic E-state index is -3.72. The second-order valence-electron chi connectivity index (χ2n) is 6.18. The molecule has 0 fully saturated rings. The molecule has 2 N–H and O–H groups in total. The maximum atomic E-state index is 12.2. The van der Waals surface area contributed by atoms with Crippen LogP contribution < -0.4 is 24.2 Å². The van der Waals surface area contributed by atoms with Gasteiger partial charge in [-0.25, -0.2) is 13.1 Å². The predicted molar refractivity (Wildman–Crippen MR) is 110 cm³/mol. The van der Waals surface area contributed by atoms with Gasteiger partial charge in [-0.15, -0.1) is 0 Å². The molecule has 2 aromatic carbocycles. The van der Waals surface area contributed by atoms with Gasteiger partial charge in [0.15, 0.2) is 18.1 Å². The average molecular weight is 457 g/mol. The third-order valence-electron chi connectivity index (χ3n) is 4.00. The van der Waals surface area contributed by atoms with Crippen LogP contribution in [0.25, 0.3) is 0 Å². The van der Waals surface area contributed by atoms with Crippen LogP contribution in [-0.4, -0.2) is 54.4 Å². The highest BCUT2D eigenvalue weighted by atomic mass is 35.5. The number of methoxy groups -OCH3 is 1. The molecule has 11 heteroatoms. The molecule has 2 aromatic rings.